The lowest BCUT2D eigenvalue weighted by Crippen LogP contribution is -2.20. The summed E-state index contributed by atoms with van der Waals surface area (Å²) < 4.78 is 27.5. The van der Waals surface area contributed by atoms with E-state index in [0.717, 1.165) is 11.3 Å². The minimum Gasteiger partial charge on any atom is -0.398 e. The molecule has 4 N–H and O–H groups in total. The molecule has 0 fully saturated rings. The van der Waals surface area contributed by atoms with Crippen LogP contribution in [0.3, 0.4) is 0 Å². The monoisotopic (exact) mass is 309 g/mol. The molecule has 0 aliphatic heterocycles. The van der Waals surface area contributed by atoms with E-state index in [-0.39, 0.29) is 10.6 Å². The number of nitrogens with two attached hydrogens (primary N) is 1. The Balaban J connectivity index is 2.00. The van der Waals surface area contributed by atoms with Gasteiger partial charge >= 0.3 is 0 Å². The van der Waals surface area contributed by atoms with Gasteiger partial charge in [-0.05, 0) is 37.7 Å². The van der Waals surface area contributed by atoms with E-state index in [1.165, 1.54) is 13.1 Å². The zero-order valence-corrected chi connectivity index (χ0v) is 12.8. The third kappa shape index (κ3) is 3.73. The van der Waals surface area contributed by atoms with Crippen molar-refractivity contribution in [2.45, 2.75) is 18.4 Å². The molecule has 0 aliphatic carbocycles. The second kappa shape index (κ2) is 6.15. The molecule has 7 nitrogen and oxygen atoms in total. The van der Waals surface area contributed by atoms with Gasteiger partial charge in [-0.25, -0.2) is 13.1 Å². The van der Waals surface area contributed by atoms with Crippen molar-refractivity contribution in [2.75, 3.05) is 24.6 Å². The second-order valence-corrected chi connectivity index (χ2v) is 6.52. The number of anilines is 2. The smallest absolute Gasteiger partial charge is 0.242 e. The lowest BCUT2D eigenvalue weighted by atomic mass is 10.3. The van der Waals surface area contributed by atoms with Gasteiger partial charge in [-0.2, -0.15) is 5.10 Å². The largest absolute Gasteiger partial charge is 0.398 e. The summed E-state index contributed by atoms with van der Waals surface area (Å²) in [4.78, 5) is 0.0817. The number of rotatable bonds is 6. The van der Waals surface area contributed by atoms with Gasteiger partial charge in [-0.3, -0.25) is 4.68 Å². The molecule has 0 saturated heterocycles. The minimum absolute atomic E-state index is 0.0817. The molecular formula is C13H19N5O2S. The summed E-state index contributed by atoms with van der Waals surface area (Å²) in [7, 11) is -2.17. The van der Waals surface area contributed by atoms with Crippen molar-refractivity contribution in [3.05, 3.63) is 36.2 Å². The van der Waals surface area contributed by atoms with Crippen molar-refractivity contribution in [3.8, 4) is 0 Å². The summed E-state index contributed by atoms with van der Waals surface area (Å²) in [5, 5.41) is 7.37. The molecular weight excluding hydrogens is 290 g/mol. The van der Waals surface area contributed by atoms with Crippen molar-refractivity contribution in [2.24, 2.45) is 0 Å². The molecule has 1 aromatic carbocycles. The van der Waals surface area contributed by atoms with E-state index in [1.54, 1.807) is 18.3 Å². The molecule has 2 aromatic rings. The van der Waals surface area contributed by atoms with Crippen molar-refractivity contribution in [1.82, 2.24) is 14.5 Å². The molecule has 8 heteroatoms. The maximum absolute atomic E-state index is 11.7. The molecule has 1 aromatic heterocycles. The minimum atomic E-state index is -3.52. The molecule has 0 amide bonds. The number of nitrogen functional groups attached to an aromatic ring is 1. The molecule has 0 bridgehead atoms. The number of aromatic nitrogens is 2. The van der Waals surface area contributed by atoms with Gasteiger partial charge < -0.3 is 11.1 Å². The maximum Gasteiger partial charge on any atom is 0.242 e. The Labute approximate surface area is 124 Å². The molecule has 114 valence electrons. The Kier molecular flexibility index (Phi) is 4.49. The van der Waals surface area contributed by atoms with Crippen LogP contribution in [0.1, 0.15) is 5.56 Å². The molecule has 2 rings (SSSR count). The van der Waals surface area contributed by atoms with Crippen molar-refractivity contribution in [3.63, 3.8) is 0 Å². The predicted molar refractivity (Wildman–Crippen MR) is 82.6 cm³/mol. The van der Waals surface area contributed by atoms with Gasteiger partial charge in [0.2, 0.25) is 10.0 Å². The van der Waals surface area contributed by atoms with E-state index in [2.05, 4.69) is 15.1 Å². The van der Waals surface area contributed by atoms with E-state index in [1.807, 2.05) is 17.8 Å². The summed E-state index contributed by atoms with van der Waals surface area (Å²) >= 11 is 0. The Morgan fingerprint density at radius 3 is 2.71 bits per heavy atom. The zero-order chi connectivity index (χ0) is 15.5. The highest BCUT2D eigenvalue weighted by atomic mass is 32.2. The van der Waals surface area contributed by atoms with Gasteiger partial charge in [0.1, 0.15) is 4.90 Å². The number of aryl methyl sites for hydroxylation is 1. The van der Waals surface area contributed by atoms with E-state index >= 15 is 0 Å². The molecule has 0 saturated carbocycles. The molecule has 0 aliphatic rings. The number of sulfonamides is 1. The second-order valence-electron chi connectivity index (χ2n) is 4.67. The Bertz CT molecular complexity index is 724. The highest BCUT2D eigenvalue weighted by Crippen LogP contribution is 2.22. The first-order chi connectivity index (χ1) is 9.92. The average molecular weight is 309 g/mol. The van der Waals surface area contributed by atoms with Gasteiger partial charge in [0.25, 0.3) is 0 Å². The predicted octanol–water partition coefficient (Wildman–Crippen LogP) is 0.794. The number of nitrogens with zero attached hydrogens (tertiary/aromatic N) is 2. The van der Waals surface area contributed by atoms with Crippen LogP contribution >= 0.6 is 0 Å². The van der Waals surface area contributed by atoms with Gasteiger partial charge in [0, 0.05) is 18.4 Å². The van der Waals surface area contributed by atoms with E-state index < -0.39 is 10.0 Å². The zero-order valence-electron chi connectivity index (χ0n) is 12.0. The van der Waals surface area contributed by atoms with E-state index in [9.17, 15) is 8.42 Å². The van der Waals surface area contributed by atoms with Crippen LogP contribution in [0.25, 0.3) is 0 Å². The molecule has 0 radical (unpaired) electrons. The van der Waals surface area contributed by atoms with Crippen molar-refractivity contribution >= 4 is 21.4 Å². The van der Waals surface area contributed by atoms with E-state index in [4.69, 9.17) is 5.73 Å². The summed E-state index contributed by atoms with van der Waals surface area (Å²) in [6, 6.07) is 4.79. The molecule has 0 spiro atoms. The summed E-state index contributed by atoms with van der Waals surface area (Å²) in [5.41, 5.74) is 7.89. The fourth-order valence-corrected chi connectivity index (χ4v) is 2.75. The first-order valence-corrected chi connectivity index (χ1v) is 7.96. The van der Waals surface area contributed by atoms with Crippen LogP contribution in [0.2, 0.25) is 0 Å². The highest BCUT2D eigenvalue weighted by molar-refractivity contribution is 7.89. The number of hydrogen-bond acceptors (Lipinski definition) is 5. The molecule has 21 heavy (non-hydrogen) atoms. The molecule has 0 unspecified atom stereocenters. The van der Waals surface area contributed by atoms with Crippen LogP contribution in [-0.4, -0.2) is 31.8 Å². The first kappa shape index (κ1) is 15.3. The maximum atomic E-state index is 11.7. The van der Waals surface area contributed by atoms with Crippen LogP contribution < -0.4 is 15.8 Å². The number of benzene rings is 1. The molecule has 0 atom stereocenters. The summed E-state index contributed by atoms with van der Waals surface area (Å²) in [6.07, 6.45) is 3.76. The van der Waals surface area contributed by atoms with Crippen LogP contribution in [-0.2, 0) is 16.6 Å². The van der Waals surface area contributed by atoms with Crippen LogP contribution in [0.5, 0.6) is 0 Å². The lowest BCUT2D eigenvalue weighted by molar-refractivity contribution is 0.588. The Hall–Kier alpha value is -2.06. The normalized spacial score (nSPS) is 11.5. The average Bonchev–Trinajstić information content (AvgIpc) is 2.84. The van der Waals surface area contributed by atoms with Crippen molar-refractivity contribution < 1.29 is 8.42 Å². The van der Waals surface area contributed by atoms with Gasteiger partial charge in [-0.15, -0.1) is 0 Å². The SMILES string of the molecule is CNS(=O)(=O)c1ccc(NCCn2cc(C)cn2)cc1N. The fraction of sp³-hybridized carbons (Fsp3) is 0.308. The number of nitrogens with one attached hydrogen (secondary N) is 2. The van der Waals surface area contributed by atoms with Crippen LogP contribution in [0, 0.1) is 6.92 Å². The third-order valence-corrected chi connectivity index (χ3v) is 4.49. The van der Waals surface area contributed by atoms with E-state index in [0.29, 0.717) is 13.1 Å². The fourth-order valence-electron chi connectivity index (χ4n) is 1.92. The first-order valence-electron chi connectivity index (χ1n) is 6.48. The standard InChI is InChI=1S/C13H19N5O2S/c1-10-8-17-18(9-10)6-5-16-11-3-4-13(12(14)7-11)21(19,20)15-2/h3-4,7-9,15-16H,5-6,14H2,1-2H3. The Morgan fingerprint density at radius 1 is 1.38 bits per heavy atom. The van der Waals surface area contributed by atoms with Crippen LogP contribution in [0.4, 0.5) is 11.4 Å². The Morgan fingerprint density at radius 2 is 2.14 bits per heavy atom. The van der Waals surface area contributed by atoms with Gasteiger partial charge in [0.15, 0.2) is 0 Å². The number of hydrogen-bond donors (Lipinski definition) is 3. The topological polar surface area (TPSA) is 102 Å². The summed E-state index contributed by atoms with van der Waals surface area (Å²) in [6.45, 7) is 3.36. The lowest BCUT2D eigenvalue weighted by Gasteiger charge is -2.10. The summed E-state index contributed by atoms with van der Waals surface area (Å²) in [5.74, 6) is 0. The molecule has 1 heterocycles. The van der Waals surface area contributed by atoms with Gasteiger partial charge in [-0.1, -0.05) is 0 Å². The highest BCUT2D eigenvalue weighted by Gasteiger charge is 2.15. The van der Waals surface area contributed by atoms with Crippen molar-refractivity contribution in [1.29, 1.82) is 0 Å². The quantitative estimate of drug-likeness (QED) is 0.685. The van der Waals surface area contributed by atoms with Crippen LogP contribution in [0.15, 0.2) is 35.5 Å². The third-order valence-electron chi connectivity index (χ3n) is 3.00. The van der Waals surface area contributed by atoms with Gasteiger partial charge in [0.05, 0.1) is 18.4 Å².